The molecule has 0 saturated carbocycles. The van der Waals surface area contributed by atoms with Gasteiger partial charge in [0.2, 0.25) is 0 Å². The third-order valence-corrected chi connectivity index (χ3v) is 2.73. The Morgan fingerprint density at radius 3 is 2.56 bits per heavy atom. The van der Waals surface area contributed by atoms with Crippen molar-refractivity contribution in [1.82, 2.24) is 15.0 Å². The maximum atomic E-state index is 11.1. The molecule has 0 aliphatic heterocycles. The van der Waals surface area contributed by atoms with E-state index in [0.29, 0.717) is 12.1 Å². The minimum absolute atomic E-state index is 0.0393. The number of nitrogens with zero attached hydrogens (tertiary/aromatic N) is 3. The van der Waals surface area contributed by atoms with Crippen LogP contribution in [0.3, 0.4) is 0 Å². The van der Waals surface area contributed by atoms with Gasteiger partial charge in [-0.3, -0.25) is 0 Å². The summed E-state index contributed by atoms with van der Waals surface area (Å²) >= 11 is 0. The van der Waals surface area contributed by atoms with Crippen LogP contribution in [-0.4, -0.2) is 26.1 Å². The molecule has 5 heteroatoms. The van der Waals surface area contributed by atoms with Crippen LogP contribution in [0.4, 0.5) is 0 Å². The molecule has 0 unspecified atom stereocenters. The molecule has 0 bridgehead atoms. The van der Waals surface area contributed by atoms with Crippen molar-refractivity contribution < 1.29 is 9.90 Å². The Morgan fingerprint density at radius 2 is 2.00 bits per heavy atom. The van der Waals surface area contributed by atoms with Crippen molar-refractivity contribution in [2.45, 2.75) is 26.7 Å². The highest BCUT2D eigenvalue weighted by molar-refractivity contribution is 5.86. The van der Waals surface area contributed by atoms with Crippen LogP contribution in [0.25, 0.3) is 5.69 Å². The number of aromatic carboxylic acids is 1. The molecule has 0 atom stereocenters. The number of hydrogen-bond acceptors (Lipinski definition) is 3. The van der Waals surface area contributed by atoms with Crippen molar-refractivity contribution in [3.8, 4) is 5.69 Å². The first kappa shape index (κ1) is 12.3. The lowest BCUT2D eigenvalue weighted by molar-refractivity contribution is 0.0689. The number of aromatic nitrogens is 3. The topological polar surface area (TPSA) is 68.0 Å². The molecule has 2 aromatic rings. The van der Waals surface area contributed by atoms with Crippen molar-refractivity contribution in [2.75, 3.05) is 0 Å². The summed E-state index contributed by atoms with van der Waals surface area (Å²) in [6.07, 6.45) is 1.49. The number of carbonyl (C=O) groups is 1. The van der Waals surface area contributed by atoms with Gasteiger partial charge in [0.05, 0.1) is 11.4 Å². The lowest BCUT2D eigenvalue weighted by Gasteiger charge is -2.06. The predicted octanol–water partition coefficient (Wildman–Crippen LogP) is 2.23. The number of aryl methyl sites for hydroxylation is 1. The molecule has 5 nitrogen and oxygen atoms in total. The maximum Gasteiger partial charge on any atom is 0.358 e. The Bertz CT molecular complexity index is 558. The molecule has 18 heavy (non-hydrogen) atoms. The molecule has 2 rings (SSSR count). The van der Waals surface area contributed by atoms with Gasteiger partial charge in [0.25, 0.3) is 0 Å². The van der Waals surface area contributed by atoms with E-state index in [9.17, 15) is 4.79 Å². The van der Waals surface area contributed by atoms with Gasteiger partial charge in [-0.15, -0.1) is 5.10 Å². The monoisotopic (exact) mass is 245 g/mol. The molecule has 1 aromatic heterocycles. The molecule has 1 N–H and O–H groups in total. The van der Waals surface area contributed by atoms with Crippen LogP contribution in [-0.2, 0) is 6.42 Å². The third-order valence-electron chi connectivity index (χ3n) is 2.73. The molecule has 0 amide bonds. The zero-order valence-corrected chi connectivity index (χ0v) is 10.4. The highest BCUT2D eigenvalue weighted by atomic mass is 16.4. The molecule has 0 aliphatic carbocycles. The van der Waals surface area contributed by atoms with E-state index in [0.717, 1.165) is 17.7 Å². The number of benzene rings is 1. The van der Waals surface area contributed by atoms with Crippen molar-refractivity contribution in [3.05, 3.63) is 41.2 Å². The number of rotatable bonds is 4. The maximum absolute atomic E-state index is 11.1. The number of carboxylic acid groups (broad SMARTS) is 1. The quantitative estimate of drug-likeness (QED) is 0.896. The zero-order valence-electron chi connectivity index (χ0n) is 10.4. The first-order chi connectivity index (χ1) is 8.63. The number of hydrogen-bond donors (Lipinski definition) is 1. The van der Waals surface area contributed by atoms with Gasteiger partial charge in [-0.2, -0.15) is 0 Å². The summed E-state index contributed by atoms with van der Waals surface area (Å²) in [4.78, 5) is 11.1. The van der Waals surface area contributed by atoms with Crippen LogP contribution in [0.5, 0.6) is 0 Å². The van der Waals surface area contributed by atoms with E-state index in [-0.39, 0.29) is 5.69 Å². The smallest absolute Gasteiger partial charge is 0.358 e. The fourth-order valence-electron chi connectivity index (χ4n) is 1.82. The zero-order chi connectivity index (χ0) is 13.1. The molecule has 0 fully saturated rings. The highest BCUT2D eigenvalue weighted by Crippen LogP contribution is 2.15. The normalized spacial score (nSPS) is 10.6. The molecule has 0 aliphatic rings. The summed E-state index contributed by atoms with van der Waals surface area (Å²) in [5, 5.41) is 16.8. The SMILES string of the molecule is CCCc1c(C(=O)O)nnn1-c1ccc(C)cc1. The Morgan fingerprint density at radius 1 is 1.33 bits per heavy atom. The standard InChI is InChI=1S/C13H15N3O2/c1-3-4-11-12(13(17)18)14-15-16(11)10-7-5-9(2)6-8-10/h5-8H,3-4H2,1-2H3,(H,17,18). The van der Waals surface area contributed by atoms with Crippen molar-refractivity contribution in [3.63, 3.8) is 0 Å². The molecule has 0 radical (unpaired) electrons. The predicted molar refractivity (Wildman–Crippen MR) is 67.1 cm³/mol. The number of carboxylic acids is 1. The van der Waals surface area contributed by atoms with Gasteiger partial charge in [0.15, 0.2) is 5.69 Å². The molecular formula is C13H15N3O2. The Hall–Kier alpha value is -2.17. The second kappa shape index (κ2) is 5.00. The summed E-state index contributed by atoms with van der Waals surface area (Å²) in [5.74, 6) is -1.03. The van der Waals surface area contributed by atoms with E-state index < -0.39 is 5.97 Å². The summed E-state index contributed by atoms with van der Waals surface area (Å²) in [5.41, 5.74) is 2.67. The van der Waals surface area contributed by atoms with E-state index in [4.69, 9.17) is 5.11 Å². The van der Waals surface area contributed by atoms with E-state index in [1.54, 1.807) is 4.68 Å². The van der Waals surface area contributed by atoms with Crippen LogP contribution < -0.4 is 0 Å². The summed E-state index contributed by atoms with van der Waals surface area (Å²) in [6.45, 7) is 4.00. The summed E-state index contributed by atoms with van der Waals surface area (Å²) in [7, 11) is 0. The fraction of sp³-hybridized carbons (Fsp3) is 0.308. The molecular weight excluding hydrogens is 230 g/mol. The average Bonchev–Trinajstić information content (AvgIpc) is 2.74. The lowest BCUT2D eigenvalue weighted by atomic mass is 10.2. The van der Waals surface area contributed by atoms with Crippen LogP contribution in [0.15, 0.2) is 24.3 Å². The largest absolute Gasteiger partial charge is 0.476 e. The Labute approximate surface area is 105 Å². The fourth-order valence-corrected chi connectivity index (χ4v) is 1.82. The minimum atomic E-state index is -1.03. The van der Waals surface area contributed by atoms with Gasteiger partial charge in [0.1, 0.15) is 0 Å². The van der Waals surface area contributed by atoms with Crippen LogP contribution in [0, 0.1) is 6.92 Å². The van der Waals surface area contributed by atoms with E-state index in [1.807, 2.05) is 38.1 Å². The molecule has 1 aromatic carbocycles. The van der Waals surface area contributed by atoms with Gasteiger partial charge in [-0.05, 0) is 25.5 Å². The molecule has 1 heterocycles. The van der Waals surface area contributed by atoms with Crippen molar-refractivity contribution >= 4 is 5.97 Å². The average molecular weight is 245 g/mol. The van der Waals surface area contributed by atoms with Gasteiger partial charge in [-0.25, -0.2) is 9.48 Å². The van der Waals surface area contributed by atoms with Crippen LogP contribution >= 0.6 is 0 Å². The van der Waals surface area contributed by atoms with Gasteiger partial charge in [-0.1, -0.05) is 36.3 Å². The van der Waals surface area contributed by atoms with E-state index >= 15 is 0 Å². The van der Waals surface area contributed by atoms with Crippen LogP contribution in [0.1, 0.15) is 35.1 Å². The second-order valence-corrected chi connectivity index (χ2v) is 4.19. The molecule has 94 valence electrons. The second-order valence-electron chi connectivity index (χ2n) is 4.19. The third kappa shape index (κ3) is 2.25. The van der Waals surface area contributed by atoms with Gasteiger partial charge in [0, 0.05) is 0 Å². The van der Waals surface area contributed by atoms with Crippen LogP contribution in [0.2, 0.25) is 0 Å². The van der Waals surface area contributed by atoms with Gasteiger partial charge < -0.3 is 5.11 Å². The molecule has 0 saturated heterocycles. The lowest BCUT2D eigenvalue weighted by Crippen LogP contribution is -2.06. The Balaban J connectivity index is 2.50. The Kier molecular flexibility index (Phi) is 3.41. The van der Waals surface area contributed by atoms with Crippen molar-refractivity contribution in [1.29, 1.82) is 0 Å². The summed E-state index contributed by atoms with van der Waals surface area (Å²) in [6, 6.07) is 7.75. The summed E-state index contributed by atoms with van der Waals surface area (Å²) < 4.78 is 1.60. The van der Waals surface area contributed by atoms with Gasteiger partial charge >= 0.3 is 5.97 Å². The van der Waals surface area contributed by atoms with E-state index in [1.165, 1.54) is 0 Å². The van der Waals surface area contributed by atoms with Crippen molar-refractivity contribution in [2.24, 2.45) is 0 Å². The minimum Gasteiger partial charge on any atom is -0.476 e. The van der Waals surface area contributed by atoms with E-state index in [2.05, 4.69) is 10.3 Å². The first-order valence-corrected chi connectivity index (χ1v) is 5.88. The molecule has 0 spiro atoms. The highest BCUT2D eigenvalue weighted by Gasteiger charge is 2.18. The first-order valence-electron chi connectivity index (χ1n) is 5.88.